The fourth-order valence-corrected chi connectivity index (χ4v) is 7.69. The number of nitrogen functional groups attached to an aromatic ring is 1. The van der Waals surface area contributed by atoms with E-state index < -0.39 is 78.3 Å². The summed E-state index contributed by atoms with van der Waals surface area (Å²) >= 11 is 3.95. The first kappa shape index (κ1) is 40.4. The fourth-order valence-electron chi connectivity index (χ4n) is 4.67. The van der Waals surface area contributed by atoms with Gasteiger partial charge in [-0.05, 0) is 6.42 Å². The Kier molecular flexibility index (Phi) is 13.7. The highest BCUT2D eigenvalue weighted by Gasteiger charge is 2.49. The Balaban J connectivity index is 1.61. The molecule has 22 nitrogen and oxygen atoms in total. The number of nitrogens with two attached hydrogens (primary N) is 1. The van der Waals surface area contributed by atoms with Gasteiger partial charge in [0.15, 0.2) is 11.5 Å². The second kappa shape index (κ2) is 16.3. The molecular formula is C22H38N7O15P3S. The van der Waals surface area contributed by atoms with Crippen LogP contribution >= 0.6 is 36.1 Å². The van der Waals surface area contributed by atoms with Crippen molar-refractivity contribution in [1.29, 1.82) is 0 Å². The largest absolute Gasteiger partial charge is 0.481 e. The number of hydrogen-bond acceptors (Lipinski definition) is 16. The number of hydrogen-bond donors (Lipinski definition) is 10. The minimum Gasteiger partial charge on any atom is -0.388 e. The van der Waals surface area contributed by atoms with Gasteiger partial charge in [-0.1, -0.05) is 13.8 Å². The number of aromatic nitrogens is 4. The van der Waals surface area contributed by atoms with Crippen LogP contribution < -0.4 is 16.4 Å². The first-order chi connectivity index (χ1) is 22.2. The van der Waals surface area contributed by atoms with E-state index in [1.165, 1.54) is 24.7 Å². The molecular weight excluding hydrogens is 727 g/mol. The van der Waals surface area contributed by atoms with Crippen LogP contribution in [0.3, 0.4) is 0 Å². The van der Waals surface area contributed by atoms with Crippen LogP contribution in [0.25, 0.3) is 11.2 Å². The summed E-state index contributed by atoms with van der Waals surface area (Å²) in [5.41, 5.74) is 4.56. The monoisotopic (exact) mass is 765 g/mol. The van der Waals surface area contributed by atoms with Crippen molar-refractivity contribution in [3.8, 4) is 0 Å². The molecule has 0 aliphatic heterocycles. The molecule has 2 amide bonds. The molecule has 2 aromatic rings. The summed E-state index contributed by atoms with van der Waals surface area (Å²) in [6, 6.07) is -1.01. The van der Waals surface area contributed by atoms with Gasteiger partial charge in [-0.2, -0.15) is 16.9 Å². The van der Waals surface area contributed by atoms with Crippen molar-refractivity contribution in [3.63, 3.8) is 0 Å². The van der Waals surface area contributed by atoms with Gasteiger partial charge in [0.1, 0.15) is 30.2 Å². The quantitative estimate of drug-likeness (QED) is 0.0642. The van der Waals surface area contributed by atoms with Crippen molar-refractivity contribution >= 4 is 64.9 Å². The molecule has 3 unspecified atom stereocenters. The van der Waals surface area contributed by atoms with Crippen LogP contribution in [0.4, 0.5) is 5.82 Å². The zero-order valence-electron chi connectivity index (χ0n) is 25.5. The smallest absolute Gasteiger partial charge is 0.388 e. The van der Waals surface area contributed by atoms with Crippen molar-refractivity contribution in [2.24, 2.45) is 11.3 Å². The van der Waals surface area contributed by atoms with Crippen LogP contribution in [0.5, 0.6) is 0 Å². The third-order valence-electron chi connectivity index (χ3n) is 7.07. The van der Waals surface area contributed by atoms with Crippen molar-refractivity contribution in [3.05, 3.63) is 12.7 Å². The second-order valence-corrected chi connectivity index (χ2v) is 16.0. The number of imidazole rings is 1. The average Bonchev–Trinajstić information content (AvgIpc) is 3.54. The highest BCUT2D eigenvalue weighted by atomic mass is 32.1. The maximum absolute atomic E-state index is 12.6. The summed E-state index contributed by atoms with van der Waals surface area (Å²) in [6.07, 6.45) is -3.06. The molecule has 3 rings (SSSR count). The molecule has 0 aromatic carbocycles. The van der Waals surface area contributed by atoms with Gasteiger partial charge in [-0.3, -0.25) is 23.2 Å². The van der Waals surface area contributed by atoms with Crippen LogP contribution in [0, 0.1) is 11.3 Å². The number of nitrogens with zero attached hydrogens (tertiary/aromatic N) is 4. The molecule has 1 aliphatic carbocycles. The molecule has 272 valence electrons. The number of aliphatic hydroxyl groups excluding tert-OH is 2. The number of amides is 2. The Morgan fingerprint density at radius 1 is 1.10 bits per heavy atom. The molecule has 1 fully saturated rings. The highest BCUT2D eigenvalue weighted by molar-refractivity contribution is 7.80. The van der Waals surface area contributed by atoms with Gasteiger partial charge in [-0.15, -0.1) is 0 Å². The standard InChI is InChI=1S/C22H38N7O15P3S/c1-22(2,18(32)21(33)25-4-3-14(30)24-5-6-48)9-42-47(39,40)44-46(37,38)41-8-12-7-13(16(31)17(12)43-45(34,35)36)29-11-28-15-19(23)26-10-27-20(15)29/h10-13,16-18,31-32,48H,3-9H2,1-2H3,(H,24,30)(H,25,33)(H,37,38)(H,39,40)(H2,23,26,27)(H2,34,35,36)/t12-,13-,16?,17+,18+/m1/s1. The molecule has 7 atom stereocenters. The number of nitrogens with one attached hydrogen (secondary N) is 2. The number of fused-ring (bicyclic) bond motifs is 1. The number of phosphoric acid groups is 3. The average molecular weight is 766 g/mol. The number of aliphatic hydroxyl groups is 2. The van der Waals surface area contributed by atoms with E-state index in [1.807, 2.05) is 0 Å². The van der Waals surface area contributed by atoms with E-state index in [-0.39, 0.29) is 42.3 Å². The first-order valence-corrected chi connectivity index (χ1v) is 19.2. The first-order valence-electron chi connectivity index (χ1n) is 14.0. The van der Waals surface area contributed by atoms with Crippen LogP contribution in [-0.4, -0.2) is 111 Å². The normalized spacial score (nSPS) is 23.4. The Morgan fingerprint density at radius 3 is 2.42 bits per heavy atom. The summed E-state index contributed by atoms with van der Waals surface area (Å²) in [6.45, 7) is 1.02. The lowest BCUT2D eigenvalue weighted by atomic mass is 9.87. The Bertz CT molecular complexity index is 1590. The fraction of sp³-hybridized carbons (Fsp3) is 0.682. The zero-order chi connectivity index (χ0) is 36.1. The summed E-state index contributed by atoms with van der Waals surface area (Å²) in [4.78, 5) is 75.0. The summed E-state index contributed by atoms with van der Waals surface area (Å²) in [5.74, 6) is -2.07. The predicted octanol–water partition coefficient (Wildman–Crippen LogP) is -1.00. The summed E-state index contributed by atoms with van der Waals surface area (Å²) in [7, 11) is -16.1. The number of rotatable bonds is 18. The van der Waals surface area contributed by atoms with E-state index in [4.69, 9.17) is 19.3 Å². The van der Waals surface area contributed by atoms with Gasteiger partial charge in [-0.25, -0.2) is 28.6 Å². The lowest BCUT2D eigenvalue weighted by Gasteiger charge is -2.30. The number of carbonyl (C=O) groups is 2. The number of anilines is 1. The van der Waals surface area contributed by atoms with E-state index in [2.05, 4.69) is 42.5 Å². The van der Waals surface area contributed by atoms with Crippen LogP contribution in [0.2, 0.25) is 0 Å². The number of thiol groups is 1. The summed E-state index contributed by atoms with van der Waals surface area (Å²) < 4.78 is 56.8. The highest BCUT2D eigenvalue weighted by Crippen LogP contribution is 2.61. The molecule has 0 spiro atoms. The molecule has 10 N–H and O–H groups in total. The lowest BCUT2D eigenvalue weighted by molar-refractivity contribution is -0.137. The molecule has 2 heterocycles. The summed E-state index contributed by atoms with van der Waals surface area (Å²) in [5, 5.41) is 26.2. The Hall–Kier alpha value is -2.07. The van der Waals surface area contributed by atoms with Crippen molar-refractivity contribution in [2.75, 3.05) is 37.8 Å². The molecule has 0 bridgehead atoms. The van der Waals surface area contributed by atoms with Gasteiger partial charge in [0.2, 0.25) is 11.8 Å². The van der Waals surface area contributed by atoms with E-state index in [0.29, 0.717) is 12.3 Å². The Morgan fingerprint density at radius 2 is 1.77 bits per heavy atom. The lowest BCUT2D eigenvalue weighted by Crippen LogP contribution is -2.46. The predicted molar refractivity (Wildman–Crippen MR) is 167 cm³/mol. The van der Waals surface area contributed by atoms with Crippen LogP contribution in [0.15, 0.2) is 12.7 Å². The maximum atomic E-state index is 12.6. The van der Waals surface area contributed by atoms with Crippen molar-refractivity contribution in [1.82, 2.24) is 30.2 Å². The van der Waals surface area contributed by atoms with Gasteiger partial charge >= 0.3 is 23.5 Å². The molecule has 1 saturated carbocycles. The Labute approximate surface area is 278 Å². The molecule has 1 aliphatic rings. The van der Waals surface area contributed by atoms with Gasteiger partial charge in [0, 0.05) is 36.6 Å². The van der Waals surface area contributed by atoms with E-state index in [1.54, 1.807) is 0 Å². The van der Waals surface area contributed by atoms with Gasteiger partial charge in [0.25, 0.3) is 0 Å². The molecule has 26 heteroatoms. The molecule has 2 aromatic heterocycles. The number of phosphoric ester groups is 3. The molecule has 0 radical (unpaired) electrons. The van der Waals surface area contributed by atoms with Crippen molar-refractivity contribution in [2.45, 2.75) is 51.0 Å². The zero-order valence-corrected chi connectivity index (χ0v) is 29.1. The maximum Gasteiger partial charge on any atom is 0.481 e. The van der Waals surface area contributed by atoms with Crippen molar-refractivity contribution < 1.29 is 71.0 Å². The topological polar surface area (TPSA) is 337 Å². The van der Waals surface area contributed by atoms with E-state index in [9.17, 15) is 53.1 Å². The van der Waals surface area contributed by atoms with Crippen LogP contribution in [0.1, 0.15) is 32.7 Å². The molecule has 0 saturated heterocycles. The van der Waals surface area contributed by atoms with E-state index >= 15 is 0 Å². The third kappa shape index (κ3) is 11.2. The minimum absolute atomic E-state index is 0.0193. The van der Waals surface area contributed by atoms with Gasteiger partial charge in [0.05, 0.1) is 25.6 Å². The molecule has 48 heavy (non-hydrogen) atoms. The number of carbonyl (C=O) groups excluding carboxylic acids is 2. The minimum atomic E-state index is -5.46. The van der Waals surface area contributed by atoms with Gasteiger partial charge < -0.3 is 50.7 Å². The van der Waals surface area contributed by atoms with Crippen LogP contribution in [-0.2, 0) is 41.2 Å². The SMILES string of the molecule is CC(C)(COP(=O)(O)OP(=O)(O)OC[C@H]1C[C@@H](n2cnc3c(N)ncnc32)C(O)[C@H]1OP(=O)(O)O)[C@@H](O)C(=O)NCCC(=O)NCCS. The second-order valence-electron chi connectivity index (χ2n) is 11.3. The third-order valence-corrected chi connectivity index (χ3v) is 10.4. The van der Waals surface area contributed by atoms with E-state index in [0.717, 1.165) is 6.33 Å².